The van der Waals surface area contributed by atoms with E-state index in [-0.39, 0.29) is 11.6 Å². The molecule has 0 unspecified atom stereocenters. The zero-order chi connectivity index (χ0) is 15.5. The molecule has 118 valence electrons. The van der Waals surface area contributed by atoms with Gasteiger partial charge in [0.1, 0.15) is 5.65 Å². The van der Waals surface area contributed by atoms with Gasteiger partial charge >= 0.3 is 0 Å². The van der Waals surface area contributed by atoms with E-state index in [1.807, 2.05) is 13.8 Å². The summed E-state index contributed by atoms with van der Waals surface area (Å²) in [6, 6.07) is 3.46. The minimum absolute atomic E-state index is 0.0144. The fraction of sp³-hybridized carbons (Fsp3) is 0.588. The van der Waals surface area contributed by atoms with E-state index in [0.29, 0.717) is 11.6 Å². The number of aromatic nitrogens is 3. The Morgan fingerprint density at radius 3 is 2.77 bits per heavy atom. The van der Waals surface area contributed by atoms with Crippen LogP contribution in [0.5, 0.6) is 0 Å². The molecule has 0 aromatic carbocycles. The van der Waals surface area contributed by atoms with E-state index in [0.717, 1.165) is 17.8 Å². The molecule has 5 heteroatoms. The first-order valence-electron chi connectivity index (χ1n) is 8.27. The molecule has 2 heterocycles. The predicted octanol–water partition coefficient (Wildman–Crippen LogP) is 3.36. The van der Waals surface area contributed by atoms with Gasteiger partial charge in [-0.3, -0.25) is 9.36 Å². The van der Waals surface area contributed by atoms with Gasteiger partial charge in [0, 0.05) is 30.2 Å². The number of nitrogens with one attached hydrogen (secondary N) is 1. The van der Waals surface area contributed by atoms with Crippen molar-refractivity contribution >= 4 is 17.0 Å². The van der Waals surface area contributed by atoms with Crippen molar-refractivity contribution in [2.75, 3.05) is 11.9 Å². The fourth-order valence-electron chi connectivity index (χ4n) is 3.25. The Morgan fingerprint density at radius 2 is 2.05 bits per heavy atom. The van der Waals surface area contributed by atoms with Crippen molar-refractivity contribution in [2.45, 2.75) is 52.0 Å². The van der Waals surface area contributed by atoms with Gasteiger partial charge in [-0.25, -0.2) is 4.98 Å². The molecule has 0 aliphatic heterocycles. The van der Waals surface area contributed by atoms with E-state index in [4.69, 9.17) is 0 Å². The average molecular weight is 300 g/mol. The first-order valence-corrected chi connectivity index (χ1v) is 8.27. The number of anilines is 1. The second-order valence-electron chi connectivity index (χ2n) is 6.49. The van der Waals surface area contributed by atoms with Crippen molar-refractivity contribution in [3.8, 4) is 0 Å². The predicted molar refractivity (Wildman–Crippen MR) is 89.2 cm³/mol. The minimum Gasteiger partial charge on any atom is -0.354 e. The Morgan fingerprint density at radius 1 is 1.27 bits per heavy atom. The van der Waals surface area contributed by atoms with Gasteiger partial charge in [-0.05, 0) is 38.7 Å². The van der Waals surface area contributed by atoms with E-state index >= 15 is 0 Å². The average Bonchev–Trinajstić information content (AvgIpc) is 2.53. The van der Waals surface area contributed by atoms with Gasteiger partial charge in [0.05, 0.1) is 0 Å². The van der Waals surface area contributed by atoms with Crippen LogP contribution in [0.3, 0.4) is 0 Å². The van der Waals surface area contributed by atoms with Crippen LogP contribution in [0.2, 0.25) is 0 Å². The van der Waals surface area contributed by atoms with E-state index in [1.165, 1.54) is 32.1 Å². The van der Waals surface area contributed by atoms with Crippen LogP contribution < -0.4 is 10.9 Å². The summed E-state index contributed by atoms with van der Waals surface area (Å²) < 4.78 is 1.73. The summed E-state index contributed by atoms with van der Waals surface area (Å²) >= 11 is 0. The summed E-state index contributed by atoms with van der Waals surface area (Å²) in [5.74, 6) is 1.34. The monoisotopic (exact) mass is 300 g/mol. The molecule has 1 saturated carbocycles. The van der Waals surface area contributed by atoms with Gasteiger partial charge in [-0.1, -0.05) is 19.3 Å². The summed E-state index contributed by atoms with van der Waals surface area (Å²) in [5.41, 5.74) is 0.697. The Labute approximate surface area is 130 Å². The zero-order valence-electron chi connectivity index (χ0n) is 13.4. The molecular formula is C17H24N4O. The molecule has 2 aromatic rings. The van der Waals surface area contributed by atoms with Crippen molar-refractivity contribution in [2.24, 2.45) is 5.92 Å². The van der Waals surface area contributed by atoms with E-state index in [2.05, 4.69) is 15.3 Å². The van der Waals surface area contributed by atoms with Crippen LogP contribution in [0, 0.1) is 5.92 Å². The molecule has 0 radical (unpaired) electrons. The highest BCUT2D eigenvalue weighted by atomic mass is 16.1. The van der Waals surface area contributed by atoms with Crippen molar-refractivity contribution in [1.82, 2.24) is 14.5 Å². The van der Waals surface area contributed by atoms with Crippen molar-refractivity contribution in [1.29, 1.82) is 0 Å². The SMILES string of the molecule is CC(C)n1c(=O)ccc2cnc(NCC3CCCCC3)nc21. The van der Waals surface area contributed by atoms with Gasteiger partial charge in [-0.15, -0.1) is 0 Å². The fourth-order valence-corrected chi connectivity index (χ4v) is 3.25. The lowest BCUT2D eigenvalue weighted by atomic mass is 9.89. The Bertz CT molecular complexity index is 701. The minimum atomic E-state index is -0.0144. The summed E-state index contributed by atoms with van der Waals surface area (Å²) in [7, 11) is 0. The Balaban J connectivity index is 1.85. The van der Waals surface area contributed by atoms with Crippen molar-refractivity contribution in [3.63, 3.8) is 0 Å². The molecule has 1 aliphatic rings. The maximum atomic E-state index is 12.1. The topological polar surface area (TPSA) is 59.8 Å². The van der Waals surface area contributed by atoms with Crippen LogP contribution in [-0.4, -0.2) is 21.1 Å². The molecule has 5 nitrogen and oxygen atoms in total. The van der Waals surface area contributed by atoms with Crippen LogP contribution in [0.15, 0.2) is 23.1 Å². The summed E-state index contributed by atoms with van der Waals surface area (Å²) in [6.07, 6.45) is 8.40. The summed E-state index contributed by atoms with van der Waals surface area (Å²) in [6.45, 7) is 4.92. The number of rotatable bonds is 4. The van der Waals surface area contributed by atoms with E-state index in [9.17, 15) is 4.79 Å². The first kappa shape index (κ1) is 15.0. The largest absolute Gasteiger partial charge is 0.354 e. The molecule has 1 fully saturated rings. The molecule has 0 spiro atoms. The maximum Gasteiger partial charge on any atom is 0.252 e. The highest BCUT2D eigenvalue weighted by Crippen LogP contribution is 2.23. The van der Waals surface area contributed by atoms with Gasteiger partial charge < -0.3 is 5.32 Å². The Hall–Kier alpha value is -1.91. The maximum absolute atomic E-state index is 12.1. The van der Waals surface area contributed by atoms with Crippen LogP contribution in [-0.2, 0) is 0 Å². The number of hydrogen-bond acceptors (Lipinski definition) is 4. The highest BCUT2D eigenvalue weighted by molar-refractivity contribution is 5.75. The highest BCUT2D eigenvalue weighted by Gasteiger charge is 2.14. The first-order chi connectivity index (χ1) is 10.6. The quantitative estimate of drug-likeness (QED) is 0.940. The lowest BCUT2D eigenvalue weighted by molar-refractivity contribution is 0.373. The third kappa shape index (κ3) is 3.13. The van der Waals surface area contributed by atoms with E-state index < -0.39 is 0 Å². The third-order valence-electron chi connectivity index (χ3n) is 4.46. The molecule has 3 rings (SSSR count). The third-order valence-corrected chi connectivity index (χ3v) is 4.46. The van der Waals surface area contributed by atoms with Gasteiger partial charge in [-0.2, -0.15) is 4.98 Å². The number of hydrogen-bond donors (Lipinski definition) is 1. The number of pyridine rings is 1. The standard InChI is InChI=1S/C17H24N4O/c1-12(2)21-15(22)9-8-14-11-19-17(20-16(14)21)18-10-13-6-4-3-5-7-13/h8-9,11-13H,3-7,10H2,1-2H3,(H,18,19,20). The summed E-state index contributed by atoms with van der Waals surface area (Å²) in [4.78, 5) is 21.0. The van der Waals surface area contributed by atoms with Crippen LogP contribution in [0.4, 0.5) is 5.95 Å². The molecule has 0 amide bonds. The molecule has 1 aliphatic carbocycles. The molecule has 0 saturated heterocycles. The zero-order valence-corrected chi connectivity index (χ0v) is 13.4. The Kier molecular flexibility index (Phi) is 4.41. The molecule has 1 N–H and O–H groups in total. The van der Waals surface area contributed by atoms with E-state index in [1.54, 1.807) is 22.9 Å². The lowest BCUT2D eigenvalue weighted by Crippen LogP contribution is -2.23. The molecule has 0 bridgehead atoms. The smallest absolute Gasteiger partial charge is 0.252 e. The van der Waals surface area contributed by atoms with Gasteiger partial charge in [0.15, 0.2) is 0 Å². The summed E-state index contributed by atoms with van der Waals surface area (Å²) in [5, 5.41) is 4.25. The lowest BCUT2D eigenvalue weighted by Gasteiger charge is -2.21. The second-order valence-corrected chi connectivity index (χ2v) is 6.49. The van der Waals surface area contributed by atoms with Crippen molar-refractivity contribution < 1.29 is 0 Å². The normalized spacial score (nSPS) is 16.3. The second kappa shape index (κ2) is 6.46. The van der Waals surface area contributed by atoms with Crippen molar-refractivity contribution in [3.05, 3.63) is 28.7 Å². The van der Waals surface area contributed by atoms with Gasteiger partial charge in [0.2, 0.25) is 5.95 Å². The molecule has 2 aromatic heterocycles. The molecule has 0 atom stereocenters. The number of fused-ring (bicyclic) bond motifs is 1. The molecular weight excluding hydrogens is 276 g/mol. The van der Waals surface area contributed by atoms with Crippen LogP contribution in [0.25, 0.3) is 11.0 Å². The van der Waals surface area contributed by atoms with Gasteiger partial charge in [0.25, 0.3) is 5.56 Å². The van der Waals surface area contributed by atoms with Crippen LogP contribution >= 0.6 is 0 Å². The molecule has 22 heavy (non-hydrogen) atoms. The number of nitrogens with zero attached hydrogens (tertiary/aromatic N) is 3. The van der Waals surface area contributed by atoms with Crippen LogP contribution in [0.1, 0.15) is 52.0 Å².